The summed E-state index contributed by atoms with van der Waals surface area (Å²) in [7, 11) is 1.59. The van der Waals surface area contributed by atoms with Gasteiger partial charge in [-0.1, -0.05) is 48.5 Å². The van der Waals surface area contributed by atoms with E-state index in [0.717, 1.165) is 11.1 Å². The van der Waals surface area contributed by atoms with Crippen LogP contribution in [0.15, 0.2) is 48.5 Å². The van der Waals surface area contributed by atoms with Crippen molar-refractivity contribution in [2.45, 2.75) is 37.9 Å². The number of carbonyl (C=O) groups excluding carboxylic acids is 2. The molecule has 2 amide bonds. The summed E-state index contributed by atoms with van der Waals surface area (Å²) < 4.78 is 10.9. The van der Waals surface area contributed by atoms with Crippen LogP contribution in [0.25, 0.3) is 11.1 Å². The van der Waals surface area contributed by atoms with Crippen LogP contribution >= 0.6 is 0 Å². The quantitative estimate of drug-likeness (QED) is 0.785. The lowest BCUT2D eigenvalue weighted by Crippen LogP contribution is -2.68. The number of carbonyl (C=O) groups is 2. The topological polar surface area (TPSA) is 79.3 Å². The predicted molar refractivity (Wildman–Crippen MR) is 120 cm³/mol. The third-order valence-corrected chi connectivity index (χ3v) is 5.80. The fourth-order valence-electron chi connectivity index (χ4n) is 4.43. The van der Waals surface area contributed by atoms with E-state index in [-0.39, 0.29) is 32.2 Å². The molecule has 7 nitrogen and oxygen atoms in total. The van der Waals surface area contributed by atoms with Crippen molar-refractivity contribution in [3.05, 3.63) is 59.7 Å². The number of likely N-dealkylation sites (N-methyl/N-ethyl adjacent to an activating group) is 1. The van der Waals surface area contributed by atoms with Gasteiger partial charge in [0.1, 0.15) is 17.8 Å². The number of aliphatic hydroxyl groups is 1. The highest BCUT2D eigenvalue weighted by Gasteiger charge is 2.46. The van der Waals surface area contributed by atoms with Gasteiger partial charge in [0.25, 0.3) is 0 Å². The van der Waals surface area contributed by atoms with Gasteiger partial charge < -0.3 is 24.4 Å². The lowest BCUT2D eigenvalue weighted by Gasteiger charge is -2.47. The Balaban J connectivity index is 1.32. The van der Waals surface area contributed by atoms with Gasteiger partial charge >= 0.3 is 12.2 Å². The van der Waals surface area contributed by atoms with Gasteiger partial charge in [-0.25, -0.2) is 9.59 Å². The molecule has 32 heavy (non-hydrogen) atoms. The van der Waals surface area contributed by atoms with E-state index in [1.54, 1.807) is 27.8 Å². The molecule has 1 aliphatic heterocycles. The van der Waals surface area contributed by atoms with E-state index >= 15 is 0 Å². The van der Waals surface area contributed by atoms with E-state index in [1.165, 1.54) is 20.9 Å². The molecule has 2 aromatic rings. The Bertz CT molecular complexity index is 977. The van der Waals surface area contributed by atoms with Gasteiger partial charge in [0.15, 0.2) is 0 Å². The van der Waals surface area contributed by atoms with Gasteiger partial charge in [-0.05, 0) is 43.0 Å². The second-order valence-corrected chi connectivity index (χ2v) is 9.72. The number of rotatable bonds is 4. The third kappa shape index (κ3) is 4.43. The second-order valence-electron chi connectivity index (χ2n) is 9.72. The highest BCUT2D eigenvalue weighted by Crippen LogP contribution is 2.44. The van der Waals surface area contributed by atoms with Crippen molar-refractivity contribution in [3.63, 3.8) is 0 Å². The summed E-state index contributed by atoms with van der Waals surface area (Å²) in [5.74, 6) is -0.0193. The molecule has 1 saturated heterocycles. The predicted octanol–water partition coefficient (Wildman–Crippen LogP) is 3.85. The summed E-state index contributed by atoms with van der Waals surface area (Å²) >= 11 is 0. The number of hydrogen-bond acceptors (Lipinski definition) is 5. The number of hydrogen-bond donors (Lipinski definition) is 1. The van der Waals surface area contributed by atoms with E-state index in [1.807, 2.05) is 24.3 Å². The lowest BCUT2D eigenvalue weighted by molar-refractivity contribution is -0.107. The molecule has 170 valence electrons. The number of fused-ring (bicyclic) bond motifs is 3. The van der Waals surface area contributed by atoms with Crippen LogP contribution in [0.2, 0.25) is 0 Å². The van der Waals surface area contributed by atoms with E-state index < -0.39 is 23.4 Å². The highest BCUT2D eigenvalue weighted by molar-refractivity contribution is 5.79. The first-order chi connectivity index (χ1) is 15.1. The molecule has 1 fully saturated rings. The number of ether oxygens (including phenoxy) is 2. The van der Waals surface area contributed by atoms with Crippen molar-refractivity contribution in [2.24, 2.45) is 0 Å². The van der Waals surface area contributed by atoms with Gasteiger partial charge in [-0.3, -0.25) is 0 Å². The molecule has 2 aliphatic rings. The van der Waals surface area contributed by atoms with E-state index in [9.17, 15) is 14.7 Å². The Hall–Kier alpha value is -3.06. The van der Waals surface area contributed by atoms with Gasteiger partial charge in [-0.15, -0.1) is 0 Å². The van der Waals surface area contributed by atoms with Crippen molar-refractivity contribution < 1.29 is 24.2 Å². The van der Waals surface area contributed by atoms with Gasteiger partial charge in [0.2, 0.25) is 0 Å². The standard InChI is InChI=1S/C25H30N2O5/c1-24(2,3)32-23(29)27-15-25(30,16-27)14-26(4)22(28)31-13-21-19-11-7-5-9-17(19)18-10-6-8-12-20(18)21/h5-12,21,30H,13-16H2,1-4H3. The Kier molecular flexibility index (Phi) is 5.63. The number of benzene rings is 2. The normalized spacial score (nSPS) is 16.6. The minimum Gasteiger partial charge on any atom is -0.448 e. The molecule has 2 aromatic carbocycles. The smallest absolute Gasteiger partial charge is 0.410 e. The van der Waals surface area contributed by atoms with Crippen LogP contribution in [0.5, 0.6) is 0 Å². The molecule has 0 aromatic heterocycles. The molecule has 7 heteroatoms. The first-order valence-corrected chi connectivity index (χ1v) is 10.8. The van der Waals surface area contributed by atoms with Crippen molar-refractivity contribution >= 4 is 12.2 Å². The number of likely N-dealkylation sites (tertiary alicyclic amines) is 1. The third-order valence-electron chi connectivity index (χ3n) is 5.80. The Morgan fingerprint density at radius 1 is 1.06 bits per heavy atom. The number of nitrogens with zero attached hydrogens (tertiary/aromatic N) is 2. The summed E-state index contributed by atoms with van der Waals surface area (Å²) in [4.78, 5) is 27.5. The van der Waals surface area contributed by atoms with E-state index in [2.05, 4.69) is 24.3 Å². The molecule has 1 heterocycles. The van der Waals surface area contributed by atoms with Crippen LogP contribution in [0, 0.1) is 0 Å². The Morgan fingerprint density at radius 2 is 1.59 bits per heavy atom. The Morgan fingerprint density at radius 3 is 2.12 bits per heavy atom. The summed E-state index contributed by atoms with van der Waals surface area (Å²) in [6.45, 7) is 5.90. The van der Waals surface area contributed by atoms with Crippen molar-refractivity contribution in [1.82, 2.24) is 9.80 Å². The minimum atomic E-state index is -1.17. The van der Waals surface area contributed by atoms with Crippen LogP contribution in [-0.2, 0) is 9.47 Å². The molecule has 0 spiro atoms. The van der Waals surface area contributed by atoms with E-state index in [0.29, 0.717) is 0 Å². The number of β-amino-alcohol motifs (C(OH)–C–C–N with tert-alkyl or cyclic N) is 1. The summed E-state index contributed by atoms with van der Waals surface area (Å²) in [5.41, 5.74) is 2.87. The molecule has 0 saturated carbocycles. The Labute approximate surface area is 188 Å². The average Bonchev–Trinajstić information content (AvgIpc) is 3.02. The first-order valence-electron chi connectivity index (χ1n) is 10.8. The fraction of sp³-hybridized carbons (Fsp3) is 0.440. The molecular formula is C25H30N2O5. The van der Waals surface area contributed by atoms with E-state index in [4.69, 9.17) is 9.47 Å². The average molecular weight is 439 g/mol. The van der Waals surface area contributed by atoms with Crippen LogP contribution in [0.4, 0.5) is 9.59 Å². The molecular weight excluding hydrogens is 408 g/mol. The summed E-state index contributed by atoms with van der Waals surface area (Å²) in [5, 5.41) is 10.7. The van der Waals surface area contributed by atoms with Crippen LogP contribution in [-0.4, -0.2) is 71.6 Å². The maximum Gasteiger partial charge on any atom is 0.410 e. The summed E-state index contributed by atoms with van der Waals surface area (Å²) in [6.07, 6.45) is -0.970. The van der Waals surface area contributed by atoms with Crippen LogP contribution in [0.3, 0.4) is 0 Å². The van der Waals surface area contributed by atoms with Crippen LogP contribution in [0.1, 0.15) is 37.8 Å². The fourth-order valence-corrected chi connectivity index (χ4v) is 4.43. The highest BCUT2D eigenvalue weighted by atomic mass is 16.6. The molecule has 0 radical (unpaired) electrons. The molecule has 4 rings (SSSR count). The maximum absolute atomic E-state index is 12.6. The van der Waals surface area contributed by atoms with Gasteiger partial charge in [0.05, 0.1) is 19.6 Å². The number of amides is 2. The van der Waals surface area contributed by atoms with Gasteiger partial charge in [-0.2, -0.15) is 0 Å². The maximum atomic E-state index is 12.6. The first kappa shape index (κ1) is 22.1. The monoisotopic (exact) mass is 438 g/mol. The van der Waals surface area contributed by atoms with Gasteiger partial charge in [0, 0.05) is 13.0 Å². The largest absolute Gasteiger partial charge is 0.448 e. The SMILES string of the molecule is CN(CC1(O)CN(C(=O)OC(C)(C)C)C1)C(=O)OCC1c2ccccc2-c2ccccc21. The molecule has 1 aliphatic carbocycles. The van der Waals surface area contributed by atoms with Crippen molar-refractivity contribution in [2.75, 3.05) is 33.3 Å². The molecule has 0 bridgehead atoms. The second kappa shape index (κ2) is 8.13. The zero-order valence-corrected chi connectivity index (χ0v) is 19.0. The summed E-state index contributed by atoms with van der Waals surface area (Å²) in [6, 6.07) is 16.3. The van der Waals surface area contributed by atoms with Crippen molar-refractivity contribution in [3.8, 4) is 11.1 Å². The van der Waals surface area contributed by atoms with Crippen molar-refractivity contribution in [1.29, 1.82) is 0 Å². The molecule has 1 N–H and O–H groups in total. The minimum absolute atomic E-state index is 0.0193. The molecule has 0 unspecified atom stereocenters. The van der Waals surface area contributed by atoms with Crippen LogP contribution < -0.4 is 0 Å². The lowest BCUT2D eigenvalue weighted by atomic mass is 9.94. The zero-order chi connectivity index (χ0) is 23.1. The zero-order valence-electron chi connectivity index (χ0n) is 19.0. The molecule has 0 atom stereocenters.